The summed E-state index contributed by atoms with van der Waals surface area (Å²) in [6.45, 7) is 3.57. The Labute approximate surface area is 163 Å². The topological polar surface area (TPSA) is 111 Å². The van der Waals surface area contributed by atoms with Crippen molar-refractivity contribution in [2.75, 3.05) is 5.32 Å². The Morgan fingerprint density at radius 3 is 2.79 bits per heavy atom. The van der Waals surface area contributed by atoms with E-state index in [2.05, 4.69) is 15.5 Å². The van der Waals surface area contributed by atoms with Gasteiger partial charge in [0.15, 0.2) is 0 Å². The monoisotopic (exact) mass is 402 g/mol. The first-order chi connectivity index (χ1) is 13.3. The Morgan fingerprint density at radius 1 is 1.29 bits per heavy atom. The third kappa shape index (κ3) is 4.52. The Morgan fingerprint density at radius 2 is 2.07 bits per heavy atom. The van der Waals surface area contributed by atoms with Gasteiger partial charge in [-0.15, -0.1) is 10.2 Å². The van der Waals surface area contributed by atoms with Gasteiger partial charge in [-0.1, -0.05) is 29.5 Å². The number of rotatable bonds is 6. The summed E-state index contributed by atoms with van der Waals surface area (Å²) >= 11 is 1.04. The predicted octanol–water partition coefficient (Wildman–Crippen LogP) is 4.21. The van der Waals surface area contributed by atoms with Crippen molar-refractivity contribution in [1.29, 1.82) is 0 Å². The smallest absolute Gasteiger partial charge is 0.306 e. The van der Waals surface area contributed by atoms with E-state index in [-0.39, 0.29) is 10.9 Å². The van der Waals surface area contributed by atoms with Gasteiger partial charge in [-0.25, -0.2) is 0 Å². The van der Waals surface area contributed by atoms with E-state index in [1.165, 1.54) is 6.07 Å². The molecule has 0 aliphatic heterocycles. The summed E-state index contributed by atoms with van der Waals surface area (Å²) in [4.78, 5) is 22.3. The number of thioether (sulfide) groups is 1. The van der Waals surface area contributed by atoms with Crippen LogP contribution in [0.3, 0.4) is 0 Å². The number of carbonyl (C=O) groups excluding carboxylic acids is 1. The summed E-state index contributed by atoms with van der Waals surface area (Å²) in [6.07, 6.45) is 0. The third-order valence-corrected chi connectivity index (χ3v) is 4.66. The van der Waals surface area contributed by atoms with Gasteiger partial charge in [0.25, 0.3) is 5.22 Å². The van der Waals surface area contributed by atoms with Gasteiger partial charge in [0.05, 0.1) is 10.2 Å². The normalized spacial score (nSPS) is 11.8. The van der Waals surface area contributed by atoms with Crippen LogP contribution in [0.15, 0.2) is 52.1 Å². The van der Waals surface area contributed by atoms with E-state index in [0.29, 0.717) is 5.89 Å². The number of aromatic nitrogens is 2. The van der Waals surface area contributed by atoms with Crippen LogP contribution in [0.1, 0.15) is 12.5 Å². The number of nitro groups is 1. The number of hydrogen-bond acceptors (Lipinski definition) is 7. The minimum atomic E-state index is -0.972. The molecule has 1 atom stereocenters. The second-order valence-corrected chi connectivity index (χ2v) is 7.21. The molecule has 8 nitrogen and oxygen atoms in total. The highest BCUT2D eigenvalue weighted by Gasteiger charge is 2.21. The standard InChI is InChI=1S/C18H15FN4O4S/c1-10-4-3-5-12(8-10)17-21-22-18(27-17)28-11(2)16(24)20-13-6-7-14(19)15(9-13)23(25)26/h3-9,11H,1-2H3,(H,20,24)/t11-/m1/s1. The van der Waals surface area contributed by atoms with Crippen LogP contribution in [-0.4, -0.2) is 26.3 Å². The number of benzene rings is 2. The molecule has 1 amide bonds. The Hall–Kier alpha value is -3.27. The summed E-state index contributed by atoms with van der Waals surface area (Å²) in [5.41, 5.74) is 1.23. The zero-order valence-corrected chi connectivity index (χ0v) is 15.7. The van der Waals surface area contributed by atoms with Gasteiger partial charge in [0.1, 0.15) is 0 Å². The third-order valence-electron chi connectivity index (χ3n) is 3.73. The molecule has 2 aromatic carbocycles. The average Bonchev–Trinajstić information content (AvgIpc) is 3.11. The van der Waals surface area contributed by atoms with Crippen molar-refractivity contribution in [2.24, 2.45) is 0 Å². The molecule has 1 aromatic heterocycles. The lowest BCUT2D eigenvalue weighted by Crippen LogP contribution is -2.22. The fourth-order valence-corrected chi connectivity index (χ4v) is 3.01. The maximum atomic E-state index is 13.4. The molecule has 144 valence electrons. The quantitative estimate of drug-likeness (QED) is 0.373. The number of anilines is 1. The number of carbonyl (C=O) groups is 1. The van der Waals surface area contributed by atoms with E-state index in [0.717, 1.165) is 35.0 Å². The first-order valence-electron chi connectivity index (χ1n) is 8.15. The lowest BCUT2D eigenvalue weighted by atomic mass is 10.1. The molecule has 0 fully saturated rings. The predicted molar refractivity (Wildman–Crippen MR) is 101 cm³/mol. The van der Waals surface area contributed by atoms with Crippen molar-refractivity contribution < 1.29 is 18.5 Å². The van der Waals surface area contributed by atoms with Gasteiger partial charge in [0, 0.05) is 17.3 Å². The molecule has 0 bridgehead atoms. The van der Waals surface area contributed by atoms with E-state index in [1.54, 1.807) is 6.92 Å². The Kier molecular flexibility index (Phi) is 5.69. The number of nitro benzene ring substituents is 1. The van der Waals surface area contributed by atoms with Crippen LogP contribution in [0.4, 0.5) is 15.8 Å². The Balaban J connectivity index is 1.66. The van der Waals surface area contributed by atoms with Gasteiger partial charge in [-0.3, -0.25) is 14.9 Å². The van der Waals surface area contributed by atoms with Gasteiger partial charge in [0.2, 0.25) is 17.6 Å². The molecule has 3 aromatic rings. The summed E-state index contributed by atoms with van der Waals surface area (Å²) in [7, 11) is 0. The summed E-state index contributed by atoms with van der Waals surface area (Å²) in [5, 5.41) is 20.8. The molecule has 0 radical (unpaired) electrons. The van der Waals surface area contributed by atoms with Gasteiger partial charge in [-0.2, -0.15) is 4.39 Å². The highest BCUT2D eigenvalue weighted by atomic mass is 32.2. The zero-order chi connectivity index (χ0) is 20.3. The van der Waals surface area contributed by atoms with E-state index < -0.39 is 27.6 Å². The van der Waals surface area contributed by atoms with Crippen molar-refractivity contribution >= 4 is 29.0 Å². The van der Waals surface area contributed by atoms with Crippen molar-refractivity contribution in [3.63, 3.8) is 0 Å². The average molecular weight is 402 g/mol. The lowest BCUT2D eigenvalue weighted by molar-refractivity contribution is -0.387. The Bertz CT molecular complexity index is 1040. The minimum Gasteiger partial charge on any atom is -0.411 e. The SMILES string of the molecule is Cc1cccc(-c2nnc(S[C@H](C)C(=O)Nc3ccc(F)c([N+](=O)[O-])c3)o2)c1. The van der Waals surface area contributed by atoms with Gasteiger partial charge in [-0.05, 0) is 38.1 Å². The number of aryl methyl sites for hydroxylation is 1. The van der Waals surface area contributed by atoms with Crippen LogP contribution in [-0.2, 0) is 4.79 Å². The molecule has 0 aliphatic carbocycles. The summed E-state index contributed by atoms with van der Waals surface area (Å²) < 4.78 is 19.0. The lowest BCUT2D eigenvalue weighted by Gasteiger charge is -2.09. The van der Waals surface area contributed by atoms with Gasteiger partial charge >= 0.3 is 5.69 Å². The fourth-order valence-electron chi connectivity index (χ4n) is 2.33. The van der Waals surface area contributed by atoms with Crippen LogP contribution >= 0.6 is 11.8 Å². The molecular formula is C18H15FN4O4S. The number of nitrogens with zero attached hydrogens (tertiary/aromatic N) is 3. The van der Waals surface area contributed by atoms with Crippen LogP contribution in [0, 0.1) is 22.9 Å². The van der Waals surface area contributed by atoms with Crippen molar-refractivity contribution in [3.05, 3.63) is 64.0 Å². The fraction of sp³-hybridized carbons (Fsp3) is 0.167. The second kappa shape index (κ2) is 8.17. The number of halogens is 1. The van der Waals surface area contributed by atoms with Crippen LogP contribution in [0.25, 0.3) is 11.5 Å². The minimum absolute atomic E-state index is 0.122. The number of nitrogens with one attached hydrogen (secondary N) is 1. The molecule has 1 N–H and O–H groups in total. The maximum Gasteiger partial charge on any atom is 0.306 e. The van der Waals surface area contributed by atoms with E-state index >= 15 is 0 Å². The molecule has 1 heterocycles. The second-order valence-electron chi connectivity index (χ2n) is 5.92. The molecule has 0 aliphatic rings. The van der Waals surface area contributed by atoms with Crippen molar-refractivity contribution in [3.8, 4) is 11.5 Å². The van der Waals surface area contributed by atoms with Crippen LogP contribution in [0.2, 0.25) is 0 Å². The highest BCUT2D eigenvalue weighted by Crippen LogP contribution is 2.28. The van der Waals surface area contributed by atoms with Crippen LogP contribution < -0.4 is 5.32 Å². The molecular weight excluding hydrogens is 387 g/mol. The van der Waals surface area contributed by atoms with Gasteiger partial charge < -0.3 is 9.73 Å². The summed E-state index contributed by atoms with van der Waals surface area (Å²) in [6, 6.07) is 10.7. The molecule has 0 saturated carbocycles. The van der Waals surface area contributed by atoms with Crippen molar-refractivity contribution in [1.82, 2.24) is 10.2 Å². The zero-order valence-electron chi connectivity index (χ0n) is 14.9. The molecule has 0 unspecified atom stereocenters. The van der Waals surface area contributed by atoms with E-state index in [9.17, 15) is 19.3 Å². The van der Waals surface area contributed by atoms with Crippen molar-refractivity contribution in [2.45, 2.75) is 24.3 Å². The largest absolute Gasteiger partial charge is 0.411 e. The molecule has 0 saturated heterocycles. The first kappa shape index (κ1) is 19.5. The number of hydrogen-bond donors (Lipinski definition) is 1. The number of amides is 1. The molecule has 10 heteroatoms. The van der Waals surface area contributed by atoms with Crippen LogP contribution in [0.5, 0.6) is 0 Å². The summed E-state index contributed by atoms with van der Waals surface area (Å²) in [5.74, 6) is -1.07. The first-order valence-corrected chi connectivity index (χ1v) is 9.03. The molecule has 3 rings (SSSR count). The molecule has 28 heavy (non-hydrogen) atoms. The maximum absolute atomic E-state index is 13.4. The molecule has 0 spiro atoms. The van der Waals surface area contributed by atoms with E-state index in [1.807, 2.05) is 31.2 Å². The van der Waals surface area contributed by atoms with E-state index in [4.69, 9.17) is 4.42 Å². The highest BCUT2D eigenvalue weighted by molar-refractivity contribution is 8.00.